The van der Waals surface area contributed by atoms with E-state index in [2.05, 4.69) is 5.32 Å². The highest BCUT2D eigenvalue weighted by atomic mass is 35.5. The van der Waals surface area contributed by atoms with Crippen molar-refractivity contribution in [3.63, 3.8) is 0 Å². The van der Waals surface area contributed by atoms with Crippen molar-refractivity contribution in [1.29, 1.82) is 0 Å². The van der Waals surface area contributed by atoms with Crippen molar-refractivity contribution in [2.24, 2.45) is 0 Å². The molecule has 0 spiro atoms. The van der Waals surface area contributed by atoms with Crippen LogP contribution in [0.2, 0.25) is 15.1 Å². The molecule has 1 N–H and O–H groups in total. The minimum atomic E-state index is -4.18. The molecule has 0 unspecified atom stereocenters. The van der Waals surface area contributed by atoms with Crippen molar-refractivity contribution in [2.75, 3.05) is 10.8 Å². The highest BCUT2D eigenvalue weighted by Gasteiger charge is 2.34. The van der Waals surface area contributed by atoms with Gasteiger partial charge in [0, 0.05) is 33.2 Å². The number of halogens is 3. The van der Waals surface area contributed by atoms with Gasteiger partial charge >= 0.3 is 0 Å². The number of hydrogen-bond acceptors (Lipinski definition) is 4. The first-order valence-corrected chi connectivity index (χ1v) is 15.9. The van der Waals surface area contributed by atoms with Crippen molar-refractivity contribution in [3.05, 3.63) is 92.9 Å². The normalized spacial score (nSPS) is 14.5. The molecule has 11 heteroatoms. The molecule has 0 aliphatic heterocycles. The lowest BCUT2D eigenvalue weighted by atomic mass is 10.1. The van der Waals surface area contributed by atoms with E-state index in [1.54, 1.807) is 49.4 Å². The van der Waals surface area contributed by atoms with Gasteiger partial charge in [0.05, 0.1) is 10.6 Å². The van der Waals surface area contributed by atoms with Gasteiger partial charge < -0.3 is 10.2 Å². The summed E-state index contributed by atoms with van der Waals surface area (Å²) < 4.78 is 28.8. The van der Waals surface area contributed by atoms with Crippen LogP contribution in [0.5, 0.6) is 0 Å². The first-order valence-electron chi connectivity index (χ1n) is 13.3. The van der Waals surface area contributed by atoms with Gasteiger partial charge in [-0.25, -0.2) is 8.42 Å². The maximum Gasteiger partial charge on any atom is 0.264 e. The predicted molar refractivity (Wildman–Crippen MR) is 164 cm³/mol. The van der Waals surface area contributed by atoms with E-state index in [-0.39, 0.29) is 29.1 Å². The van der Waals surface area contributed by atoms with E-state index in [0.717, 1.165) is 35.6 Å². The molecule has 0 aromatic heterocycles. The Labute approximate surface area is 256 Å². The number of rotatable bonds is 10. The number of carbonyl (C=O) groups is 2. The van der Waals surface area contributed by atoms with Crippen molar-refractivity contribution in [3.8, 4) is 0 Å². The van der Waals surface area contributed by atoms with Crippen LogP contribution < -0.4 is 9.62 Å². The average Bonchev–Trinajstić information content (AvgIpc) is 3.45. The van der Waals surface area contributed by atoms with Crippen LogP contribution in [0.25, 0.3) is 0 Å². The summed E-state index contributed by atoms with van der Waals surface area (Å²) in [5, 5.41) is 4.12. The number of sulfonamides is 1. The van der Waals surface area contributed by atoms with Gasteiger partial charge in [-0.3, -0.25) is 13.9 Å². The zero-order valence-electron chi connectivity index (χ0n) is 22.8. The second kappa shape index (κ2) is 13.5. The molecule has 1 aliphatic carbocycles. The molecule has 0 heterocycles. The molecule has 0 saturated heterocycles. The highest BCUT2D eigenvalue weighted by Crippen LogP contribution is 2.29. The zero-order valence-corrected chi connectivity index (χ0v) is 25.9. The van der Waals surface area contributed by atoms with Gasteiger partial charge in [0.25, 0.3) is 10.0 Å². The molecule has 1 saturated carbocycles. The lowest BCUT2D eigenvalue weighted by molar-refractivity contribution is -0.139. The Kier molecular flexibility index (Phi) is 10.2. The largest absolute Gasteiger partial charge is 0.352 e. The van der Waals surface area contributed by atoms with Crippen molar-refractivity contribution < 1.29 is 18.0 Å². The Bertz CT molecular complexity index is 1470. The summed E-state index contributed by atoms with van der Waals surface area (Å²) in [4.78, 5) is 28.7. The number of nitrogens with zero attached hydrogens (tertiary/aromatic N) is 2. The van der Waals surface area contributed by atoms with Gasteiger partial charge in [-0.15, -0.1) is 0 Å². The maximum atomic E-state index is 14.1. The fraction of sp³-hybridized carbons (Fsp3) is 0.333. The van der Waals surface area contributed by atoms with Gasteiger partial charge in [0.2, 0.25) is 11.8 Å². The molecule has 4 rings (SSSR count). The molecule has 7 nitrogen and oxygen atoms in total. The van der Waals surface area contributed by atoms with Crippen molar-refractivity contribution in [2.45, 2.75) is 63.1 Å². The van der Waals surface area contributed by atoms with Crippen LogP contribution >= 0.6 is 34.8 Å². The summed E-state index contributed by atoms with van der Waals surface area (Å²) in [6, 6.07) is 16.7. The summed E-state index contributed by atoms with van der Waals surface area (Å²) >= 11 is 19.0. The van der Waals surface area contributed by atoms with E-state index in [1.807, 2.05) is 6.92 Å². The Morgan fingerprint density at radius 2 is 1.51 bits per heavy atom. The quantitative estimate of drug-likeness (QED) is 0.271. The Balaban J connectivity index is 1.71. The third kappa shape index (κ3) is 7.55. The Morgan fingerprint density at radius 3 is 2.10 bits per heavy atom. The van der Waals surface area contributed by atoms with E-state index >= 15 is 0 Å². The molecule has 41 heavy (non-hydrogen) atoms. The van der Waals surface area contributed by atoms with Gasteiger partial charge in [-0.2, -0.15) is 0 Å². The number of nitrogens with one attached hydrogen (secondary N) is 1. The molecule has 3 aromatic carbocycles. The first-order chi connectivity index (χ1) is 19.5. The van der Waals surface area contributed by atoms with Crippen LogP contribution in [0, 0.1) is 6.92 Å². The van der Waals surface area contributed by atoms with E-state index in [4.69, 9.17) is 34.8 Å². The standard InChI is InChI=1S/C30H32Cl3N3O4S/c1-20-10-16-25(17-11-20)41(39,40)36(24-14-12-22(31)13-15-24)19-29(37)35(18-26-27(32)8-5-9-28(26)33)21(2)30(38)34-23-6-3-4-7-23/h5,8-17,21,23H,3-4,6-7,18-19H2,1-2H3,(H,34,38)/t21-/m0/s1. The van der Waals surface area contributed by atoms with Gasteiger partial charge in [0.15, 0.2) is 0 Å². The van der Waals surface area contributed by atoms with E-state index < -0.39 is 28.5 Å². The minimum absolute atomic E-state index is 0.0265. The molecule has 218 valence electrons. The van der Waals surface area contributed by atoms with Crippen LogP contribution in [-0.2, 0) is 26.2 Å². The zero-order chi connectivity index (χ0) is 29.7. The summed E-state index contributed by atoms with van der Waals surface area (Å²) in [5.41, 5.74) is 1.61. The van der Waals surface area contributed by atoms with E-state index in [9.17, 15) is 18.0 Å². The summed E-state index contributed by atoms with van der Waals surface area (Å²) in [6.07, 6.45) is 3.82. The SMILES string of the molecule is Cc1ccc(S(=O)(=O)N(CC(=O)N(Cc2c(Cl)cccc2Cl)[C@@H](C)C(=O)NC2CCCC2)c2ccc(Cl)cc2)cc1. The number of anilines is 1. The van der Waals surface area contributed by atoms with Crippen LogP contribution in [0.3, 0.4) is 0 Å². The summed E-state index contributed by atoms with van der Waals surface area (Å²) in [7, 11) is -4.18. The van der Waals surface area contributed by atoms with Crippen molar-refractivity contribution in [1.82, 2.24) is 10.2 Å². The average molecular weight is 637 g/mol. The second-order valence-electron chi connectivity index (χ2n) is 10.2. The molecule has 0 radical (unpaired) electrons. The number of hydrogen-bond donors (Lipinski definition) is 1. The monoisotopic (exact) mass is 635 g/mol. The molecular formula is C30H32Cl3N3O4S. The number of benzene rings is 3. The predicted octanol–water partition coefficient (Wildman–Crippen LogP) is 6.63. The molecule has 1 atom stereocenters. The van der Waals surface area contributed by atoms with Crippen LogP contribution in [0.1, 0.15) is 43.7 Å². The highest BCUT2D eigenvalue weighted by molar-refractivity contribution is 7.92. The molecule has 3 aromatic rings. The number of aryl methyl sites for hydroxylation is 1. The molecule has 1 aliphatic rings. The van der Waals surface area contributed by atoms with Crippen molar-refractivity contribution >= 4 is 62.3 Å². The lowest BCUT2D eigenvalue weighted by Gasteiger charge is -2.33. The fourth-order valence-electron chi connectivity index (χ4n) is 4.80. The van der Waals surface area contributed by atoms with Crippen LogP contribution in [-0.4, -0.2) is 43.8 Å². The number of carbonyl (C=O) groups excluding carboxylic acids is 2. The van der Waals surface area contributed by atoms with Gasteiger partial charge in [0.1, 0.15) is 12.6 Å². The smallest absolute Gasteiger partial charge is 0.264 e. The minimum Gasteiger partial charge on any atom is -0.352 e. The maximum absolute atomic E-state index is 14.1. The second-order valence-corrected chi connectivity index (χ2v) is 13.3. The molecular weight excluding hydrogens is 605 g/mol. The van der Waals surface area contributed by atoms with Crippen LogP contribution in [0.15, 0.2) is 71.6 Å². The Morgan fingerprint density at radius 1 is 0.927 bits per heavy atom. The molecule has 1 fully saturated rings. The van der Waals surface area contributed by atoms with E-state index in [0.29, 0.717) is 20.6 Å². The third-order valence-electron chi connectivity index (χ3n) is 7.26. The third-order valence-corrected chi connectivity index (χ3v) is 10.0. The van der Waals surface area contributed by atoms with Gasteiger partial charge in [-0.1, -0.05) is 71.4 Å². The van der Waals surface area contributed by atoms with Crippen LogP contribution in [0.4, 0.5) is 5.69 Å². The molecule has 0 bridgehead atoms. The first kappa shape index (κ1) is 31.2. The van der Waals surface area contributed by atoms with Gasteiger partial charge in [-0.05, 0) is 75.2 Å². The molecule has 2 amide bonds. The topological polar surface area (TPSA) is 86.8 Å². The lowest BCUT2D eigenvalue weighted by Crippen LogP contribution is -2.52. The number of amides is 2. The Hall–Kier alpha value is -2.78. The van der Waals surface area contributed by atoms with E-state index in [1.165, 1.54) is 29.2 Å². The summed E-state index contributed by atoms with van der Waals surface area (Å²) in [6.45, 7) is 2.82. The summed E-state index contributed by atoms with van der Waals surface area (Å²) in [5.74, 6) is -0.923. The fourth-order valence-corrected chi connectivity index (χ4v) is 6.86.